The molecule has 7 nitrogen and oxygen atoms in total. The topological polar surface area (TPSA) is 89.9 Å². The number of aromatic nitrogens is 4. The van der Waals surface area contributed by atoms with Crippen LogP contribution in [0.4, 0.5) is 9.52 Å². The summed E-state index contributed by atoms with van der Waals surface area (Å²) in [5.41, 5.74) is 2.26. The molecular formula is C18H15ClFN5O2S. The van der Waals surface area contributed by atoms with E-state index in [0.717, 1.165) is 5.69 Å². The van der Waals surface area contributed by atoms with Gasteiger partial charge in [0.05, 0.1) is 18.9 Å². The van der Waals surface area contributed by atoms with Crippen molar-refractivity contribution in [3.63, 3.8) is 0 Å². The molecule has 3 aromatic heterocycles. The SMILES string of the molecule is COc1cnc(Cl)cc1-c1cc(C)ncc1C(=O)Nc1nnc([C@H]2C[C@@H]2F)s1. The molecule has 1 fully saturated rings. The smallest absolute Gasteiger partial charge is 0.259 e. The first-order chi connectivity index (χ1) is 13.5. The molecule has 1 saturated carbocycles. The molecule has 2 atom stereocenters. The van der Waals surface area contributed by atoms with E-state index in [4.69, 9.17) is 16.3 Å². The van der Waals surface area contributed by atoms with Crippen molar-refractivity contribution in [2.24, 2.45) is 0 Å². The molecule has 0 aromatic carbocycles. The number of pyridine rings is 2. The molecule has 1 aliphatic carbocycles. The van der Waals surface area contributed by atoms with E-state index < -0.39 is 12.1 Å². The summed E-state index contributed by atoms with van der Waals surface area (Å²) in [4.78, 5) is 21.1. The van der Waals surface area contributed by atoms with E-state index in [1.807, 2.05) is 6.92 Å². The lowest BCUT2D eigenvalue weighted by atomic mass is 10.0. The zero-order valence-electron chi connectivity index (χ0n) is 14.9. The van der Waals surface area contributed by atoms with E-state index in [9.17, 15) is 9.18 Å². The van der Waals surface area contributed by atoms with Crippen molar-refractivity contribution >= 4 is 34.0 Å². The highest BCUT2D eigenvalue weighted by Crippen LogP contribution is 2.45. The number of halogens is 2. The molecule has 0 saturated heterocycles. The van der Waals surface area contributed by atoms with Gasteiger partial charge in [0.1, 0.15) is 22.1 Å². The van der Waals surface area contributed by atoms with E-state index in [0.29, 0.717) is 39.0 Å². The van der Waals surface area contributed by atoms with Crippen LogP contribution < -0.4 is 10.1 Å². The van der Waals surface area contributed by atoms with Crippen molar-refractivity contribution in [3.8, 4) is 16.9 Å². The summed E-state index contributed by atoms with van der Waals surface area (Å²) < 4.78 is 18.6. The Morgan fingerprint density at radius 3 is 2.79 bits per heavy atom. The lowest BCUT2D eigenvalue weighted by Gasteiger charge is -2.13. The minimum Gasteiger partial charge on any atom is -0.494 e. The maximum Gasteiger partial charge on any atom is 0.259 e. The number of hydrogen-bond donors (Lipinski definition) is 1. The first-order valence-corrected chi connectivity index (χ1v) is 9.61. The summed E-state index contributed by atoms with van der Waals surface area (Å²) in [6, 6.07) is 3.40. The van der Waals surface area contributed by atoms with Gasteiger partial charge >= 0.3 is 0 Å². The number of nitrogens with one attached hydrogen (secondary N) is 1. The van der Waals surface area contributed by atoms with Gasteiger partial charge in [0, 0.05) is 28.9 Å². The van der Waals surface area contributed by atoms with Crippen LogP contribution in [0.15, 0.2) is 24.5 Å². The Bertz CT molecular complexity index is 1060. The van der Waals surface area contributed by atoms with E-state index in [-0.39, 0.29) is 11.1 Å². The van der Waals surface area contributed by atoms with Crippen molar-refractivity contribution in [3.05, 3.63) is 45.9 Å². The maximum absolute atomic E-state index is 13.2. The van der Waals surface area contributed by atoms with Gasteiger partial charge in [-0.15, -0.1) is 10.2 Å². The molecule has 0 unspecified atom stereocenters. The van der Waals surface area contributed by atoms with E-state index in [1.54, 1.807) is 12.1 Å². The van der Waals surface area contributed by atoms with Gasteiger partial charge in [0.25, 0.3) is 5.91 Å². The van der Waals surface area contributed by atoms with Crippen LogP contribution in [0.5, 0.6) is 5.75 Å². The molecular weight excluding hydrogens is 405 g/mol. The molecule has 144 valence electrons. The normalized spacial score (nSPS) is 18.0. The highest BCUT2D eigenvalue weighted by atomic mass is 35.5. The van der Waals surface area contributed by atoms with E-state index in [2.05, 4.69) is 25.5 Å². The van der Waals surface area contributed by atoms with Crippen LogP contribution in [0, 0.1) is 6.92 Å². The molecule has 0 spiro atoms. The Balaban J connectivity index is 1.67. The molecule has 0 aliphatic heterocycles. The third-order valence-electron chi connectivity index (χ3n) is 4.32. The molecule has 4 rings (SSSR count). The Kier molecular flexibility index (Phi) is 4.94. The Labute approximate surface area is 169 Å². The molecule has 1 amide bonds. The number of alkyl halides is 1. The average molecular weight is 420 g/mol. The van der Waals surface area contributed by atoms with Gasteiger partial charge in [-0.3, -0.25) is 15.1 Å². The molecule has 10 heteroatoms. The van der Waals surface area contributed by atoms with Crippen LogP contribution in [-0.4, -0.2) is 39.4 Å². The number of aryl methyl sites for hydroxylation is 1. The number of ether oxygens (including phenoxy) is 1. The standard InChI is InChI=1S/C18H15ClFN5O2S/c1-8-3-9(10-5-15(19)22-7-14(10)27-2)12(6-21-8)16(26)23-18-25-24-17(28-18)11-4-13(11)20/h3,5-7,11,13H,4H2,1-2H3,(H,23,25,26)/t11-,13-/m0/s1. The monoisotopic (exact) mass is 419 g/mol. The van der Waals surface area contributed by atoms with Crippen LogP contribution in [0.3, 0.4) is 0 Å². The van der Waals surface area contributed by atoms with Gasteiger partial charge in [-0.05, 0) is 25.5 Å². The largest absolute Gasteiger partial charge is 0.494 e. The van der Waals surface area contributed by atoms with Crippen LogP contribution in [-0.2, 0) is 0 Å². The van der Waals surface area contributed by atoms with Crippen molar-refractivity contribution < 1.29 is 13.9 Å². The van der Waals surface area contributed by atoms with E-state index >= 15 is 0 Å². The van der Waals surface area contributed by atoms with Gasteiger partial charge in [-0.25, -0.2) is 9.37 Å². The lowest BCUT2D eigenvalue weighted by Crippen LogP contribution is -2.14. The summed E-state index contributed by atoms with van der Waals surface area (Å²) in [6.45, 7) is 1.82. The van der Waals surface area contributed by atoms with Gasteiger partial charge in [0.15, 0.2) is 0 Å². The van der Waals surface area contributed by atoms with E-state index in [1.165, 1.54) is 30.8 Å². The van der Waals surface area contributed by atoms with Crippen LogP contribution in [0.25, 0.3) is 11.1 Å². The lowest BCUT2D eigenvalue weighted by molar-refractivity contribution is 0.102. The Morgan fingerprint density at radius 2 is 2.07 bits per heavy atom. The number of carbonyl (C=O) groups excluding carboxylic acids is 1. The predicted molar refractivity (Wildman–Crippen MR) is 104 cm³/mol. The summed E-state index contributed by atoms with van der Waals surface area (Å²) in [7, 11) is 1.51. The molecule has 0 bridgehead atoms. The van der Waals surface area contributed by atoms with Crippen molar-refractivity contribution in [2.75, 3.05) is 12.4 Å². The molecule has 0 radical (unpaired) electrons. The van der Waals surface area contributed by atoms with Crippen LogP contribution >= 0.6 is 22.9 Å². The minimum absolute atomic E-state index is 0.206. The number of amides is 1. The Morgan fingerprint density at radius 1 is 1.29 bits per heavy atom. The second-order valence-corrected chi connectivity index (χ2v) is 7.73. The summed E-state index contributed by atoms with van der Waals surface area (Å²) in [5.74, 6) is -0.138. The third-order valence-corrected chi connectivity index (χ3v) is 5.50. The van der Waals surface area contributed by atoms with Crippen molar-refractivity contribution in [1.29, 1.82) is 0 Å². The second kappa shape index (κ2) is 7.40. The zero-order valence-corrected chi connectivity index (χ0v) is 16.5. The molecule has 28 heavy (non-hydrogen) atoms. The van der Waals surface area contributed by atoms with Crippen molar-refractivity contribution in [2.45, 2.75) is 25.4 Å². The van der Waals surface area contributed by atoms with Crippen LogP contribution in [0.2, 0.25) is 5.15 Å². The Hall–Kier alpha value is -2.65. The fraction of sp³-hybridized carbons (Fsp3) is 0.278. The number of rotatable bonds is 5. The zero-order chi connectivity index (χ0) is 19.8. The predicted octanol–water partition coefficient (Wildman–Crippen LogP) is 4.04. The summed E-state index contributed by atoms with van der Waals surface area (Å²) >= 11 is 7.22. The highest BCUT2D eigenvalue weighted by Gasteiger charge is 2.41. The number of hydrogen-bond acceptors (Lipinski definition) is 7. The van der Waals surface area contributed by atoms with Crippen molar-refractivity contribution in [1.82, 2.24) is 20.2 Å². The van der Waals surface area contributed by atoms with Gasteiger partial charge < -0.3 is 4.74 Å². The van der Waals surface area contributed by atoms with Gasteiger partial charge in [0.2, 0.25) is 5.13 Å². The second-order valence-electron chi connectivity index (χ2n) is 6.34. The maximum atomic E-state index is 13.2. The summed E-state index contributed by atoms with van der Waals surface area (Å²) in [6.07, 6.45) is 2.56. The fourth-order valence-electron chi connectivity index (χ4n) is 2.77. The molecule has 1 aliphatic rings. The fourth-order valence-corrected chi connectivity index (χ4v) is 3.83. The number of anilines is 1. The average Bonchev–Trinajstić information content (AvgIpc) is 3.22. The number of methoxy groups -OCH3 is 1. The molecule has 3 aromatic rings. The molecule has 1 N–H and O–H groups in total. The van der Waals surface area contributed by atoms with Crippen LogP contribution in [0.1, 0.15) is 33.4 Å². The minimum atomic E-state index is -0.867. The van der Waals surface area contributed by atoms with Gasteiger partial charge in [-0.2, -0.15) is 0 Å². The first kappa shape index (κ1) is 18.7. The number of nitrogens with zero attached hydrogens (tertiary/aromatic N) is 4. The summed E-state index contributed by atoms with van der Waals surface area (Å²) in [5, 5.41) is 11.8. The number of carbonyl (C=O) groups is 1. The third kappa shape index (κ3) is 3.67. The molecule has 3 heterocycles. The van der Waals surface area contributed by atoms with Gasteiger partial charge in [-0.1, -0.05) is 22.9 Å². The quantitative estimate of drug-likeness (QED) is 0.627. The first-order valence-electron chi connectivity index (χ1n) is 8.41. The highest BCUT2D eigenvalue weighted by molar-refractivity contribution is 7.15.